The average molecular weight is 250 g/mol. The maximum Gasteiger partial charge on any atom is 0.128 e. The molecule has 2 rings (SSSR count). The number of benzene rings is 1. The van der Waals surface area contributed by atoms with Gasteiger partial charge < -0.3 is 5.73 Å². The predicted octanol–water partition coefficient (Wildman–Crippen LogP) is 2.95. The maximum absolute atomic E-state index is 13.9. The molecule has 1 aliphatic rings. The Bertz CT molecular complexity index is 384. The molecule has 0 radical (unpaired) electrons. The Hall–Kier alpha value is -0.930. The summed E-state index contributed by atoms with van der Waals surface area (Å²) in [5.74, 6) is 0.633. The van der Waals surface area contributed by atoms with Gasteiger partial charge >= 0.3 is 0 Å². The van der Waals surface area contributed by atoms with E-state index in [-0.39, 0.29) is 17.9 Å². The number of rotatable bonds is 3. The van der Waals surface area contributed by atoms with Crippen molar-refractivity contribution in [3.63, 3.8) is 0 Å². The van der Waals surface area contributed by atoms with Crippen LogP contribution in [0.15, 0.2) is 24.3 Å². The van der Waals surface area contributed by atoms with Crippen molar-refractivity contribution in [1.82, 2.24) is 4.90 Å². The Kier molecular flexibility index (Phi) is 4.36. The molecule has 1 heterocycles. The number of halogens is 1. The zero-order valence-corrected chi connectivity index (χ0v) is 11.3. The topological polar surface area (TPSA) is 29.3 Å². The van der Waals surface area contributed by atoms with Crippen LogP contribution in [0.2, 0.25) is 0 Å². The summed E-state index contributed by atoms with van der Waals surface area (Å²) in [5.41, 5.74) is 6.83. The Labute approximate surface area is 109 Å². The van der Waals surface area contributed by atoms with E-state index in [1.165, 1.54) is 18.9 Å². The highest BCUT2D eigenvalue weighted by atomic mass is 19.1. The van der Waals surface area contributed by atoms with Crippen LogP contribution in [0.25, 0.3) is 0 Å². The van der Waals surface area contributed by atoms with Gasteiger partial charge in [-0.15, -0.1) is 0 Å². The third-order valence-electron chi connectivity index (χ3n) is 3.93. The van der Waals surface area contributed by atoms with E-state index >= 15 is 0 Å². The zero-order valence-electron chi connectivity index (χ0n) is 11.3. The first-order valence-corrected chi connectivity index (χ1v) is 6.83. The summed E-state index contributed by atoms with van der Waals surface area (Å²) < 4.78 is 13.9. The molecular weight excluding hydrogens is 227 g/mol. The second-order valence-corrected chi connectivity index (χ2v) is 5.54. The first-order valence-electron chi connectivity index (χ1n) is 6.83. The van der Waals surface area contributed by atoms with Crippen LogP contribution >= 0.6 is 0 Å². The molecule has 1 saturated heterocycles. The first kappa shape index (κ1) is 13.5. The molecule has 18 heavy (non-hydrogen) atoms. The van der Waals surface area contributed by atoms with E-state index < -0.39 is 0 Å². The van der Waals surface area contributed by atoms with Crippen LogP contribution in [0.3, 0.4) is 0 Å². The normalized spacial score (nSPS) is 21.8. The Morgan fingerprint density at radius 1 is 1.28 bits per heavy atom. The quantitative estimate of drug-likeness (QED) is 0.893. The van der Waals surface area contributed by atoms with Crippen LogP contribution in [0.1, 0.15) is 38.3 Å². The van der Waals surface area contributed by atoms with E-state index in [9.17, 15) is 4.39 Å². The van der Waals surface area contributed by atoms with Crippen LogP contribution in [0.4, 0.5) is 4.39 Å². The van der Waals surface area contributed by atoms with Crippen molar-refractivity contribution in [2.24, 2.45) is 11.7 Å². The van der Waals surface area contributed by atoms with Gasteiger partial charge in [-0.3, -0.25) is 4.90 Å². The van der Waals surface area contributed by atoms with Gasteiger partial charge in [-0.25, -0.2) is 4.39 Å². The minimum Gasteiger partial charge on any atom is -0.326 e. The molecule has 0 saturated carbocycles. The van der Waals surface area contributed by atoms with Gasteiger partial charge in [0, 0.05) is 11.6 Å². The molecule has 1 aliphatic heterocycles. The van der Waals surface area contributed by atoms with E-state index in [1.54, 1.807) is 6.07 Å². The lowest BCUT2D eigenvalue weighted by molar-refractivity contribution is 0.121. The van der Waals surface area contributed by atoms with Gasteiger partial charge in [0.1, 0.15) is 5.82 Å². The number of nitrogens with zero attached hydrogens (tertiary/aromatic N) is 1. The highest BCUT2D eigenvalue weighted by Crippen LogP contribution is 2.29. The Balaban J connectivity index is 2.21. The van der Waals surface area contributed by atoms with Gasteiger partial charge in [0.2, 0.25) is 0 Å². The molecule has 3 heteroatoms. The molecule has 1 fully saturated rings. The molecule has 0 aliphatic carbocycles. The van der Waals surface area contributed by atoms with Gasteiger partial charge in [0.05, 0.1) is 6.04 Å². The van der Waals surface area contributed by atoms with Crippen LogP contribution in [-0.4, -0.2) is 24.0 Å². The van der Waals surface area contributed by atoms with Crippen molar-refractivity contribution in [3.8, 4) is 0 Å². The molecule has 2 nitrogen and oxygen atoms in total. The standard InChI is InChI=1S/C15H23FN2/c1-11-7-9-18(10-8-11)15(12(2)17)13-5-3-4-6-14(13)16/h3-6,11-12,15H,7-10,17H2,1-2H3. The molecule has 2 N–H and O–H groups in total. The summed E-state index contributed by atoms with van der Waals surface area (Å²) in [6, 6.07) is 6.95. The molecular formula is C15H23FN2. The summed E-state index contributed by atoms with van der Waals surface area (Å²) in [7, 11) is 0. The van der Waals surface area contributed by atoms with Crippen LogP contribution in [-0.2, 0) is 0 Å². The number of hydrogen-bond acceptors (Lipinski definition) is 2. The lowest BCUT2D eigenvalue weighted by Crippen LogP contribution is -2.43. The van der Waals surface area contributed by atoms with Gasteiger partial charge in [-0.05, 0) is 44.8 Å². The Morgan fingerprint density at radius 3 is 2.44 bits per heavy atom. The lowest BCUT2D eigenvalue weighted by atomic mass is 9.93. The van der Waals surface area contributed by atoms with E-state index in [4.69, 9.17) is 5.73 Å². The summed E-state index contributed by atoms with van der Waals surface area (Å²) in [6.07, 6.45) is 2.36. The molecule has 2 atom stereocenters. The monoisotopic (exact) mass is 250 g/mol. The molecule has 0 bridgehead atoms. The van der Waals surface area contributed by atoms with E-state index in [0.29, 0.717) is 0 Å². The molecule has 0 aromatic heterocycles. The summed E-state index contributed by atoms with van der Waals surface area (Å²) in [5, 5.41) is 0. The van der Waals surface area contributed by atoms with Crippen molar-refractivity contribution in [3.05, 3.63) is 35.6 Å². The van der Waals surface area contributed by atoms with Crippen LogP contribution < -0.4 is 5.73 Å². The zero-order chi connectivity index (χ0) is 13.1. The van der Waals surface area contributed by atoms with Gasteiger partial charge in [-0.2, -0.15) is 0 Å². The smallest absolute Gasteiger partial charge is 0.128 e. The second kappa shape index (κ2) is 5.81. The molecule has 1 aromatic carbocycles. The van der Waals surface area contributed by atoms with Crippen LogP contribution in [0.5, 0.6) is 0 Å². The van der Waals surface area contributed by atoms with Crippen molar-refractivity contribution in [2.75, 3.05) is 13.1 Å². The third kappa shape index (κ3) is 2.90. The van der Waals surface area contributed by atoms with Crippen LogP contribution in [0, 0.1) is 11.7 Å². The van der Waals surface area contributed by atoms with Gasteiger partial charge in [-0.1, -0.05) is 25.1 Å². The second-order valence-electron chi connectivity index (χ2n) is 5.54. The lowest BCUT2D eigenvalue weighted by Gasteiger charge is -2.39. The van der Waals surface area contributed by atoms with Crippen molar-refractivity contribution in [1.29, 1.82) is 0 Å². The molecule has 2 unspecified atom stereocenters. The van der Waals surface area contributed by atoms with E-state index in [0.717, 1.165) is 24.6 Å². The summed E-state index contributed by atoms with van der Waals surface area (Å²) in [6.45, 7) is 6.28. The SMILES string of the molecule is CC1CCN(C(c2ccccc2F)C(C)N)CC1. The maximum atomic E-state index is 13.9. The fourth-order valence-electron chi connectivity index (χ4n) is 2.83. The fraction of sp³-hybridized carbons (Fsp3) is 0.600. The molecule has 100 valence electrons. The number of nitrogens with two attached hydrogens (primary N) is 1. The average Bonchev–Trinajstić information content (AvgIpc) is 2.34. The van der Waals surface area contributed by atoms with Crippen molar-refractivity contribution >= 4 is 0 Å². The number of hydrogen-bond donors (Lipinski definition) is 1. The minimum atomic E-state index is -0.140. The fourth-order valence-corrected chi connectivity index (χ4v) is 2.83. The van der Waals surface area contributed by atoms with Gasteiger partial charge in [0.15, 0.2) is 0 Å². The number of likely N-dealkylation sites (tertiary alicyclic amines) is 1. The van der Waals surface area contributed by atoms with Crippen molar-refractivity contribution in [2.45, 2.75) is 38.8 Å². The summed E-state index contributed by atoms with van der Waals surface area (Å²) in [4.78, 5) is 2.34. The molecule has 1 aromatic rings. The largest absolute Gasteiger partial charge is 0.326 e. The first-order chi connectivity index (χ1) is 8.59. The molecule has 0 amide bonds. The highest BCUT2D eigenvalue weighted by molar-refractivity contribution is 5.22. The van der Waals surface area contributed by atoms with E-state index in [2.05, 4.69) is 11.8 Å². The Morgan fingerprint density at radius 2 is 1.89 bits per heavy atom. The third-order valence-corrected chi connectivity index (χ3v) is 3.93. The summed E-state index contributed by atoms with van der Waals surface area (Å²) >= 11 is 0. The van der Waals surface area contributed by atoms with Crippen molar-refractivity contribution < 1.29 is 4.39 Å². The van der Waals surface area contributed by atoms with Gasteiger partial charge in [0.25, 0.3) is 0 Å². The highest BCUT2D eigenvalue weighted by Gasteiger charge is 2.28. The van der Waals surface area contributed by atoms with E-state index in [1.807, 2.05) is 19.1 Å². The number of piperidine rings is 1. The minimum absolute atomic E-state index is 0.00120. The predicted molar refractivity (Wildman–Crippen MR) is 72.8 cm³/mol. The molecule has 0 spiro atoms.